The lowest BCUT2D eigenvalue weighted by atomic mass is 9.89. The predicted molar refractivity (Wildman–Crippen MR) is 91.2 cm³/mol. The quantitative estimate of drug-likeness (QED) is 0.942. The summed E-state index contributed by atoms with van der Waals surface area (Å²) in [6.45, 7) is 2.29. The third-order valence-corrected chi connectivity index (χ3v) is 5.64. The Labute approximate surface area is 132 Å². The molecule has 0 amide bonds. The van der Waals surface area contributed by atoms with E-state index in [4.69, 9.17) is 0 Å². The minimum Gasteiger partial charge on any atom is -0.361 e. The number of rotatable bonds is 4. The van der Waals surface area contributed by atoms with Gasteiger partial charge < -0.3 is 9.88 Å². The molecule has 2 aromatic rings. The molecule has 1 fully saturated rings. The van der Waals surface area contributed by atoms with Crippen molar-refractivity contribution in [1.29, 1.82) is 0 Å². The van der Waals surface area contributed by atoms with Crippen LogP contribution in [-0.2, 0) is 16.3 Å². The van der Waals surface area contributed by atoms with E-state index in [0.29, 0.717) is 12.3 Å². The highest BCUT2D eigenvalue weighted by molar-refractivity contribution is 7.90. The number of benzene rings is 1. The molecule has 3 rings (SSSR count). The summed E-state index contributed by atoms with van der Waals surface area (Å²) in [5, 5.41) is 1.26. The van der Waals surface area contributed by atoms with Crippen LogP contribution in [0.1, 0.15) is 29.9 Å². The van der Waals surface area contributed by atoms with Crippen molar-refractivity contribution in [2.45, 2.75) is 25.2 Å². The first kappa shape index (κ1) is 15.6. The van der Waals surface area contributed by atoms with Crippen LogP contribution >= 0.6 is 0 Å². The Hall–Kier alpha value is -1.33. The minimum absolute atomic E-state index is 0.215. The Bertz CT molecular complexity index is 756. The van der Waals surface area contributed by atoms with Gasteiger partial charge in [-0.15, -0.1) is 0 Å². The third-order valence-electron chi connectivity index (χ3n) is 4.70. The molecule has 22 heavy (non-hydrogen) atoms. The number of nitrogens with one attached hydrogen (secondary N) is 1. The maximum Gasteiger partial charge on any atom is 0.147 e. The van der Waals surface area contributed by atoms with Gasteiger partial charge in [0.15, 0.2) is 0 Å². The normalized spacial score (nSPS) is 18.1. The Kier molecular flexibility index (Phi) is 4.28. The van der Waals surface area contributed by atoms with Crippen molar-refractivity contribution in [3.05, 3.63) is 35.5 Å². The molecule has 0 atom stereocenters. The monoisotopic (exact) mass is 320 g/mol. The second-order valence-electron chi connectivity index (χ2n) is 6.58. The molecule has 1 aromatic carbocycles. The van der Waals surface area contributed by atoms with Crippen molar-refractivity contribution < 1.29 is 8.42 Å². The van der Waals surface area contributed by atoms with Gasteiger partial charge in [-0.25, -0.2) is 8.42 Å². The Morgan fingerprint density at radius 2 is 2.00 bits per heavy atom. The number of fused-ring (bicyclic) bond motifs is 1. The molecule has 0 unspecified atom stereocenters. The molecule has 0 aliphatic carbocycles. The molecule has 0 saturated carbocycles. The van der Waals surface area contributed by atoms with Crippen LogP contribution in [-0.4, -0.2) is 50.4 Å². The van der Waals surface area contributed by atoms with Gasteiger partial charge in [-0.2, -0.15) is 0 Å². The van der Waals surface area contributed by atoms with Crippen LogP contribution in [0.2, 0.25) is 0 Å². The van der Waals surface area contributed by atoms with Gasteiger partial charge in [0.2, 0.25) is 0 Å². The zero-order chi connectivity index (χ0) is 15.7. The third kappa shape index (κ3) is 3.52. The SMILES string of the molecule is CN1CCC(c2c[nH]c3ccc(CCS(C)(=O)=O)cc23)CC1. The van der Waals surface area contributed by atoms with E-state index in [2.05, 4.69) is 35.3 Å². The molecular weight excluding hydrogens is 296 g/mol. The number of aryl methyl sites for hydroxylation is 1. The van der Waals surface area contributed by atoms with Crippen LogP contribution in [0.3, 0.4) is 0 Å². The van der Waals surface area contributed by atoms with Gasteiger partial charge in [0.05, 0.1) is 5.75 Å². The lowest BCUT2D eigenvalue weighted by molar-refractivity contribution is 0.256. The summed E-state index contributed by atoms with van der Waals surface area (Å²) in [5.74, 6) is 0.821. The lowest BCUT2D eigenvalue weighted by Crippen LogP contribution is -2.29. The van der Waals surface area contributed by atoms with Crippen LogP contribution < -0.4 is 0 Å². The van der Waals surface area contributed by atoms with Crippen LogP contribution in [0.15, 0.2) is 24.4 Å². The summed E-state index contributed by atoms with van der Waals surface area (Å²) in [6.07, 6.45) is 6.41. The average molecular weight is 320 g/mol. The number of aromatic nitrogens is 1. The van der Waals surface area contributed by atoms with E-state index in [0.717, 1.165) is 24.2 Å². The minimum atomic E-state index is -2.91. The van der Waals surface area contributed by atoms with Crippen molar-refractivity contribution in [3.63, 3.8) is 0 Å². The molecule has 0 radical (unpaired) electrons. The molecule has 1 aliphatic rings. The maximum absolute atomic E-state index is 11.4. The second kappa shape index (κ2) is 6.05. The number of H-pyrrole nitrogens is 1. The zero-order valence-electron chi connectivity index (χ0n) is 13.3. The molecule has 120 valence electrons. The average Bonchev–Trinajstić information content (AvgIpc) is 2.88. The predicted octanol–water partition coefficient (Wildman–Crippen LogP) is 2.56. The number of sulfone groups is 1. The smallest absolute Gasteiger partial charge is 0.147 e. The van der Waals surface area contributed by atoms with E-state index in [-0.39, 0.29) is 5.75 Å². The molecule has 1 aliphatic heterocycles. The summed E-state index contributed by atoms with van der Waals surface area (Å²) in [6, 6.07) is 6.28. The number of piperidine rings is 1. The van der Waals surface area contributed by atoms with E-state index in [9.17, 15) is 8.42 Å². The standard InChI is InChI=1S/C17H24N2O2S/c1-19-8-5-14(6-9-19)16-12-18-17-4-3-13(11-15(16)17)7-10-22(2,20)21/h3-4,11-12,14,18H,5-10H2,1-2H3. The highest BCUT2D eigenvalue weighted by Crippen LogP contribution is 2.33. The number of hydrogen-bond acceptors (Lipinski definition) is 3. The van der Waals surface area contributed by atoms with Gasteiger partial charge in [0, 0.05) is 23.4 Å². The first-order chi connectivity index (χ1) is 10.4. The van der Waals surface area contributed by atoms with Gasteiger partial charge >= 0.3 is 0 Å². The van der Waals surface area contributed by atoms with Crippen LogP contribution in [0.4, 0.5) is 0 Å². The molecule has 2 heterocycles. The molecule has 0 spiro atoms. The summed E-state index contributed by atoms with van der Waals surface area (Å²) in [4.78, 5) is 5.74. The largest absolute Gasteiger partial charge is 0.361 e. The molecular formula is C17H24N2O2S. The summed E-state index contributed by atoms with van der Waals surface area (Å²) in [7, 11) is -0.737. The van der Waals surface area contributed by atoms with Crippen LogP contribution in [0, 0.1) is 0 Å². The van der Waals surface area contributed by atoms with Gasteiger partial charge in [0.25, 0.3) is 0 Å². The van der Waals surface area contributed by atoms with Gasteiger partial charge in [-0.3, -0.25) is 0 Å². The second-order valence-corrected chi connectivity index (χ2v) is 8.84. The molecule has 1 N–H and O–H groups in total. The van der Waals surface area contributed by atoms with E-state index < -0.39 is 9.84 Å². The van der Waals surface area contributed by atoms with Crippen molar-refractivity contribution in [3.8, 4) is 0 Å². The summed E-state index contributed by atoms with van der Waals surface area (Å²) < 4.78 is 22.7. The van der Waals surface area contributed by atoms with E-state index in [1.165, 1.54) is 30.0 Å². The van der Waals surface area contributed by atoms with Crippen molar-refractivity contribution in [2.75, 3.05) is 32.1 Å². The maximum atomic E-state index is 11.4. The van der Waals surface area contributed by atoms with Crippen molar-refractivity contribution >= 4 is 20.7 Å². The van der Waals surface area contributed by atoms with Crippen molar-refractivity contribution in [1.82, 2.24) is 9.88 Å². The number of aromatic amines is 1. The number of likely N-dealkylation sites (tertiary alicyclic amines) is 1. The Balaban J connectivity index is 1.85. The fraction of sp³-hybridized carbons (Fsp3) is 0.529. The fourth-order valence-corrected chi connectivity index (χ4v) is 3.91. The van der Waals surface area contributed by atoms with E-state index >= 15 is 0 Å². The van der Waals surface area contributed by atoms with Crippen LogP contribution in [0.5, 0.6) is 0 Å². The lowest BCUT2D eigenvalue weighted by Gasteiger charge is -2.28. The zero-order valence-corrected chi connectivity index (χ0v) is 14.1. The highest BCUT2D eigenvalue weighted by Gasteiger charge is 2.21. The number of hydrogen-bond donors (Lipinski definition) is 1. The molecule has 5 heteroatoms. The molecule has 4 nitrogen and oxygen atoms in total. The topological polar surface area (TPSA) is 53.2 Å². The Morgan fingerprint density at radius 3 is 2.68 bits per heavy atom. The number of nitrogens with zero attached hydrogens (tertiary/aromatic N) is 1. The summed E-state index contributed by atoms with van der Waals surface area (Å²) >= 11 is 0. The molecule has 1 saturated heterocycles. The van der Waals surface area contributed by atoms with Crippen LogP contribution in [0.25, 0.3) is 10.9 Å². The first-order valence-electron chi connectivity index (χ1n) is 7.88. The molecule has 0 bridgehead atoms. The van der Waals surface area contributed by atoms with E-state index in [1.54, 1.807) is 0 Å². The Morgan fingerprint density at radius 1 is 1.27 bits per heavy atom. The van der Waals surface area contributed by atoms with Crippen molar-refractivity contribution in [2.24, 2.45) is 0 Å². The first-order valence-corrected chi connectivity index (χ1v) is 9.94. The highest BCUT2D eigenvalue weighted by atomic mass is 32.2. The van der Waals surface area contributed by atoms with Gasteiger partial charge in [0.1, 0.15) is 9.84 Å². The van der Waals surface area contributed by atoms with Gasteiger partial charge in [-0.05, 0) is 68.6 Å². The molecule has 1 aromatic heterocycles. The van der Waals surface area contributed by atoms with Gasteiger partial charge in [-0.1, -0.05) is 6.07 Å². The summed E-state index contributed by atoms with van der Waals surface area (Å²) in [5.41, 5.74) is 3.65. The van der Waals surface area contributed by atoms with E-state index in [1.807, 2.05) is 6.07 Å². The fourth-order valence-electron chi connectivity index (χ4n) is 3.31.